The normalized spacial score (nSPS) is 17.3. The molecule has 0 atom stereocenters. The molecule has 0 aliphatic heterocycles. The first-order valence-corrected chi connectivity index (χ1v) is 7.13. The Bertz CT molecular complexity index is 375. The van der Waals surface area contributed by atoms with E-state index in [-0.39, 0.29) is 0 Å². The molecule has 1 aliphatic carbocycles. The molecule has 1 aromatic carbocycles. The molecule has 2 rings (SSSR count). The molecule has 2 heteroatoms. The summed E-state index contributed by atoms with van der Waals surface area (Å²) in [6.45, 7) is 0. The van der Waals surface area contributed by atoms with Gasteiger partial charge in [-0.2, -0.15) is 0 Å². The maximum Gasteiger partial charge on any atom is 0.136 e. The van der Waals surface area contributed by atoms with Crippen molar-refractivity contribution in [2.24, 2.45) is 5.92 Å². The monoisotopic (exact) mass is 245 g/mol. The van der Waals surface area contributed by atoms with Gasteiger partial charge in [0.05, 0.1) is 0 Å². The average Bonchev–Trinajstić information content (AvgIpc) is 2.66. The van der Waals surface area contributed by atoms with E-state index >= 15 is 0 Å². The van der Waals surface area contributed by atoms with E-state index in [1.54, 1.807) is 0 Å². The zero-order valence-electron chi connectivity index (χ0n) is 11.0. The third kappa shape index (κ3) is 3.86. The summed E-state index contributed by atoms with van der Waals surface area (Å²) in [5, 5.41) is 0. The second-order valence-electron chi connectivity index (χ2n) is 5.40. The van der Waals surface area contributed by atoms with Crippen LogP contribution in [0.5, 0.6) is 0 Å². The molecular formula is C16H23NO. The second kappa shape index (κ2) is 6.58. The Labute approximate surface area is 110 Å². The van der Waals surface area contributed by atoms with Crippen molar-refractivity contribution in [1.29, 1.82) is 0 Å². The van der Waals surface area contributed by atoms with Gasteiger partial charge in [0.15, 0.2) is 0 Å². The van der Waals surface area contributed by atoms with Crippen LogP contribution in [0.2, 0.25) is 0 Å². The minimum Gasteiger partial charge on any atom is -0.399 e. The molecule has 1 saturated carbocycles. The van der Waals surface area contributed by atoms with Crippen LogP contribution < -0.4 is 5.73 Å². The van der Waals surface area contributed by atoms with Crippen molar-refractivity contribution in [3.05, 3.63) is 29.8 Å². The summed E-state index contributed by atoms with van der Waals surface area (Å²) in [4.78, 5) is 12.2. The number of nitrogen functional groups attached to an aromatic ring is 1. The fourth-order valence-electron chi connectivity index (χ4n) is 2.76. The molecule has 0 heterocycles. The van der Waals surface area contributed by atoms with Gasteiger partial charge in [-0.1, -0.05) is 37.8 Å². The highest BCUT2D eigenvalue weighted by molar-refractivity contribution is 5.81. The summed E-state index contributed by atoms with van der Waals surface area (Å²) < 4.78 is 0. The van der Waals surface area contributed by atoms with Gasteiger partial charge in [0.1, 0.15) is 5.78 Å². The predicted molar refractivity (Wildman–Crippen MR) is 75.4 cm³/mol. The third-order valence-corrected chi connectivity index (χ3v) is 3.95. The highest BCUT2D eigenvalue weighted by Crippen LogP contribution is 2.25. The Balaban J connectivity index is 1.81. The molecule has 0 unspecified atom stereocenters. The predicted octanol–water partition coefficient (Wildman–Crippen LogP) is 3.74. The van der Waals surface area contributed by atoms with E-state index in [0.29, 0.717) is 18.1 Å². The maximum atomic E-state index is 12.2. The SMILES string of the molecule is Nc1ccc(CCC(=O)C2CCCCCC2)cc1. The molecular weight excluding hydrogens is 222 g/mol. The number of anilines is 1. The van der Waals surface area contributed by atoms with E-state index in [2.05, 4.69) is 0 Å². The fourth-order valence-corrected chi connectivity index (χ4v) is 2.76. The Kier molecular flexibility index (Phi) is 4.80. The first-order valence-electron chi connectivity index (χ1n) is 7.13. The highest BCUT2D eigenvalue weighted by Gasteiger charge is 2.19. The van der Waals surface area contributed by atoms with Crippen LogP contribution in [0.4, 0.5) is 5.69 Å². The van der Waals surface area contributed by atoms with E-state index in [9.17, 15) is 4.79 Å². The van der Waals surface area contributed by atoms with Gasteiger partial charge in [-0.15, -0.1) is 0 Å². The summed E-state index contributed by atoms with van der Waals surface area (Å²) in [5.74, 6) is 0.801. The quantitative estimate of drug-likeness (QED) is 0.648. The van der Waals surface area contributed by atoms with Gasteiger partial charge in [0, 0.05) is 18.0 Å². The lowest BCUT2D eigenvalue weighted by molar-refractivity contribution is -0.123. The van der Waals surface area contributed by atoms with Gasteiger partial charge in [0.25, 0.3) is 0 Å². The van der Waals surface area contributed by atoms with Crippen LogP contribution in [-0.4, -0.2) is 5.78 Å². The Morgan fingerprint density at radius 3 is 2.28 bits per heavy atom. The van der Waals surface area contributed by atoms with Gasteiger partial charge < -0.3 is 5.73 Å². The first-order chi connectivity index (χ1) is 8.75. The molecule has 1 aliphatic rings. The largest absolute Gasteiger partial charge is 0.399 e. The van der Waals surface area contributed by atoms with Crippen molar-refractivity contribution >= 4 is 11.5 Å². The highest BCUT2D eigenvalue weighted by atomic mass is 16.1. The Morgan fingerprint density at radius 1 is 1.06 bits per heavy atom. The molecule has 0 saturated heterocycles. The number of rotatable bonds is 4. The summed E-state index contributed by atoms with van der Waals surface area (Å²) >= 11 is 0. The molecule has 1 aromatic rings. The van der Waals surface area contributed by atoms with Gasteiger partial charge in [-0.05, 0) is 37.0 Å². The average molecular weight is 245 g/mol. The van der Waals surface area contributed by atoms with Crippen molar-refractivity contribution in [2.75, 3.05) is 5.73 Å². The standard InChI is InChI=1S/C16H23NO/c17-15-10-7-13(8-11-15)9-12-16(18)14-5-3-1-2-4-6-14/h7-8,10-11,14H,1-6,9,12,17H2. The lowest BCUT2D eigenvalue weighted by Crippen LogP contribution is -2.14. The molecule has 18 heavy (non-hydrogen) atoms. The van der Waals surface area contributed by atoms with Crippen LogP contribution in [-0.2, 0) is 11.2 Å². The first kappa shape index (κ1) is 13.1. The lowest BCUT2D eigenvalue weighted by atomic mass is 9.92. The molecule has 0 radical (unpaired) electrons. The summed E-state index contributed by atoms with van der Waals surface area (Å²) in [6.07, 6.45) is 8.85. The number of ketones is 1. The van der Waals surface area contributed by atoms with Crippen LogP contribution in [0.15, 0.2) is 24.3 Å². The summed E-state index contributed by atoms with van der Waals surface area (Å²) in [7, 11) is 0. The number of carbonyl (C=O) groups excluding carboxylic acids is 1. The van der Waals surface area contributed by atoms with Gasteiger partial charge in [0.2, 0.25) is 0 Å². The Hall–Kier alpha value is -1.31. The lowest BCUT2D eigenvalue weighted by Gasteiger charge is -2.12. The van der Waals surface area contributed by atoms with E-state index in [1.807, 2.05) is 24.3 Å². The van der Waals surface area contributed by atoms with Gasteiger partial charge >= 0.3 is 0 Å². The van der Waals surface area contributed by atoms with Gasteiger partial charge in [-0.25, -0.2) is 0 Å². The number of hydrogen-bond donors (Lipinski definition) is 1. The van der Waals surface area contributed by atoms with E-state index in [1.165, 1.54) is 31.2 Å². The minimum atomic E-state index is 0.335. The van der Waals surface area contributed by atoms with Crippen LogP contribution in [0, 0.1) is 5.92 Å². The van der Waals surface area contributed by atoms with Crippen molar-refractivity contribution in [3.8, 4) is 0 Å². The number of nitrogens with two attached hydrogens (primary N) is 1. The van der Waals surface area contributed by atoms with Crippen LogP contribution >= 0.6 is 0 Å². The molecule has 0 spiro atoms. The molecule has 1 fully saturated rings. The molecule has 0 aromatic heterocycles. The Morgan fingerprint density at radius 2 is 1.67 bits per heavy atom. The zero-order valence-corrected chi connectivity index (χ0v) is 11.0. The van der Waals surface area contributed by atoms with E-state index in [4.69, 9.17) is 5.73 Å². The van der Waals surface area contributed by atoms with Crippen LogP contribution in [0.1, 0.15) is 50.5 Å². The summed E-state index contributed by atoms with van der Waals surface area (Å²) in [5.41, 5.74) is 7.65. The van der Waals surface area contributed by atoms with Crippen molar-refractivity contribution in [2.45, 2.75) is 51.4 Å². The maximum absolute atomic E-state index is 12.2. The third-order valence-electron chi connectivity index (χ3n) is 3.95. The topological polar surface area (TPSA) is 43.1 Å². The number of Topliss-reactive ketones (excluding diaryl/α,β-unsaturated/α-hetero) is 1. The van der Waals surface area contributed by atoms with Crippen LogP contribution in [0.25, 0.3) is 0 Å². The van der Waals surface area contributed by atoms with E-state index < -0.39 is 0 Å². The number of hydrogen-bond acceptors (Lipinski definition) is 2. The number of aryl methyl sites for hydroxylation is 1. The molecule has 0 bridgehead atoms. The second-order valence-corrected chi connectivity index (χ2v) is 5.40. The molecule has 98 valence electrons. The van der Waals surface area contributed by atoms with Crippen molar-refractivity contribution < 1.29 is 4.79 Å². The number of benzene rings is 1. The van der Waals surface area contributed by atoms with Crippen molar-refractivity contribution in [3.63, 3.8) is 0 Å². The van der Waals surface area contributed by atoms with Crippen molar-refractivity contribution in [1.82, 2.24) is 0 Å². The zero-order chi connectivity index (χ0) is 12.8. The molecule has 0 amide bonds. The fraction of sp³-hybridized carbons (Fsp3) is 0.562. The smallest absolute Gasteiger partial charge is 0.136 e. The molecule has 2 N–H and O–H groups in total. The number of carbonyl (C=O) groups is 1. The van der Waals surface area contributed by atoms with Gasteiger partial charge in [-0.3, -0.25) is 4.79 Å². The van der Waals surface area contributed by atoms with Crippen LogP contribution in [0.3, 0.4) is 0 Å². The molecule has 2 nitrogen and oxygen atoms in total. The van der Waals surface area contributed by atoms with E-state index in [0.717, 1.165) is 24.9 Å². The summed E-state index contributed by atoms with van der Waals surface area (Å²) in [6, 6.07) is 7.86. The minimum absolute atomic E-state index is 0.335.